The number of nitrogens with one attached hydrogen (secondary N) is 2. The molecule has 2 aromatic rings. The van der Waals surface area contributed by atoms with Crippen molar-refractivity contribution in [2.75, 3.05) is 11.9 Å². The molecule has 3 nitrogen and oxygen atoms in total. The van der Waals surface area contributed by atoms with E-state index in [2.05, 4.69) is 10.6 Å². The number of halogens is 1. The Kier molecular flexibility index (Phi) is 5.58. The molecule has 0 aliphatic carbocycles. The quantitative estimate of drug-likeness (QED) is 0.866. The van der Waals surface area contributed by atoms with E-state index in [4.69, 9.17) is 11.6 Å². The normalized spacial score (nSPS) is 12.0. The number of benzene rings is 2. The van der Waals surface area contributed by atoms with Crippen LogP contribution < -0.4 is 10.6 Å². The molecule has 0 saturated carbocycles. The van der Waals surface area contributed by atoms with Crippen molar-refractivity contribution in [2.45, 2.75) is 26.8 Å². The molecule has 0 aliphatic heterocycles. The van der Waals surface area contributed by atoms with E-state index in [0.29, 0.717) is 10.7 Å². The molecule has 0 radical (unpaired) electrons. The molecule has 0 spiro atoms. The van der Waals surface area contributed by atoms with Gasteiger partial charge in [-0.25, -0.2) is 0 Å². The summed E-state index contributed by atoms with van der Waals surface area (Å²) >= 11 is 6.20. The van der Waals surface area contributed by atoms with Crippen molar-refractivity contribution < 1.29 is 4.79 Å². The van der Waals surface area contributed by atoms with Gasteiger partial charge < -0.3 is 10.6 Å². The van der Waals surface area contributed by atoms with E-state index in [9.17, 15) is 4.79 Å². The largest absolute Gasteiger partial charge is 0.323 e. The van der Waals surface area contributed by atoms with Gasteiger partial charge >= 0.3 is 0 Å². The Labute approximate surface area is 136 Å². The van der Waals surface area contributed by atoms with Crippen LogP contribution in [0.4, 0.5) is 5.69 Å². The fourth-order valence-electron chi connectivity index (χ4n) is 2.36. The summed E-state index contributed by atoms with van der Waals surface area (Å²) in [7, 11) is 0. The summed E-state index contributed by atoms with van der Waals surface area (Å²) in [5, 5.41) is 6.66. The molecule has 2 rings (SSSR count). The zero-order valence-electron chi connectivity index (χ0n) is 13.1. The first-order chi connectivity index (χ1) is 10.5. The van der Waals surface area contributed by atoms with Crippen LogP contribution in [0.2, 0.25) is 5.02 Å². The van der Waals surface area contributed by atoms with Gasteiger partial charge in [0.15, 0.2) is 0 Å². The van der Waals surface area contributed by atoms with Crippen molar-refractivity contribution in [3.05, 3.63) is 64.2 Å². The van der Waals surface area contributed by atoms with Crippen LogP contribution in [-0.2, 0) is 4.79 Å². The lowest BCUT2D eigenvalue weighted by Crippen LogP contribution is -2.30. The van der Waals surface area contributed by atoms with Gasteiger partial charge in [0, 0.05) is 6.04 Å². The Hall–Kier alpha value is -1.84. The van der Waals surface area contributed by atoms with Gasteiger partial charge in [0.1, 0.15) is 0 Å². The average Bonchev–Trinajstić information content (AvgIpc) is 2.49. The molecular formula is C18H21ClN2O. The standard InChI is InChI=1S/C18H21ClN2O/c1-12-9-13(2)18(16(19)10-12)21-17(22)11-20-14(3)15-7-5-4-6-8-15/h4-10,14,20H,11H2,1-3H3,(H,21,22)/t14-/m1/s1. The smallest absolute Gasteiger partial charge is 0.238 e. The van der Waals surface area contributed by atoms with Crippen LogP contribution in [0.1, 0.15) is 29.7 Å². The zero-order valence-corrected chi connectivity index (χ0v) is 13.9. The molecular weight excluding hydrogens is 296 g/mol. The molecule has 2 aromatic carbocycles. The van der Waals surface area contributed by atoms with Gasteiger partial charge in [-0.2, -0.15) is 0 Å². The Balaban J connectivity index is 1.94. The lowest BCUT2D eigenvalue weighted by molar-refractivity contribution is -0.115. The molecule has 0 aromatic heterocycles. The summed E-state index contributed by atoms with van der Waals surface area (Å²) in [6, 6.07) is 14.0. The average molecular weight is 317 g/mol. The minimum atomic E-state index is -0.100. The first kappa shape index (κ1) is 16.5. The molecule has 0 saturated heterocycles. The van der Waals surface area contributed by atoms with Crippen LogP contribution in [0.25, 0.3) is 0 Å². The number of amides is 1. The van der Waals surface area contributed by atoms with Crippen molar-refractivity contribution in [1.82, 2.24) is 5.32 Å². The molecule has 22 heavy (non-hydrogen) atoms. The Morgan fingerprint density at radius 1 is 1.18 bits per heavy atom. The maximum atomic E-state index is 12.1. The minimum absolute atomic E-state index is 0.100. The van der Waals surface area contributed by atoms with Gasteiger partial charge in [0.2, 0.25) is 5.91 Å². The molecule has 116 valence electrons. The van der Waals surface area contributed by atoms with Crippen LogP contribution in [0, 0.1) is 13.8 Å². The number of rotatable bonds is 5. The molecule has 0 heterocycles. The van der Waals surface area contributed by atoms with E-state index in [1.807, 2.05) is 63.2 Å². The third-order valence-electron chi connectivity index (χ3n) is 3.56. The van der Waals surface area contributed by atoms with E-state index in [-0.39, 0.29) is 18.5 Å². The fraction of sp³-hybridized carbons (Fsp3) is 0.278. The molecule has 2 N–H and O–H groups in total. The topological polar surface area (TPSA) is 41.1 Å². The maximum absolute atomic E-state index is 12.1. The number of carbonyl (C=O) groups excluding carboxylic acids is 1. The highest BCUT2D eigenvalue weighted by atomic mass is 35.5. The first-order valence-electron chi connectivity index (χ1n) is 7.32. The van der Waals surface area contributed by atoms with E-state index in [1.54, 1.807) is 0 Å². The van der Waals surface area contributed by atoms with E-state index < -0.39 is 0 Å². The van der Waals surface area contributed by atoms with Crippen molar-refractivity contribution in [1.29, 1.82) is 0 Å². The molecule has 0 fully saturated rings. The van der Waals surface area contributed by atoms with Crippen LogP contribution in [0.5, 0.6) is 0 Å². The van der Waals surface area contributed by atoms with Crippen molar-refractivity contribution in [3.63, 3.8) is 0 Å². The van der Waals surface area contributed by atoms with E-state index in [1.165, 1.54) is 0 Å². The molecule has 0 bridgehead atoms. The zero-order chi connectivity index (χ0) is 16.1. The summed E-state index contributed by atoms with van der Waals surface area (Å²) in [5.74, 6) is -0.100. The maximum Gasteiger partial charge on any atom is 0.238 e. The molecule has 4 heteroatoms. The molecule has 0 unspecified atom stereocenters. The van der Waals surface area contributed by atoms with Gasteiger partial charge in [-0.1, -0.05) is 48.0 Å². The Morgan fingerprint density at radius 2 is 1.86 bits per heavy atom. The number of carbonyl (C=O) groups is 1. The van der Waals surface area contributed by atoms with Crippen molar-refractivity contribution in [3.8, 4) is 0 Å². The lowest BCUT2D eigenvalue weighted by Gasteiger charge is -2.15. The summed E-state index contributed by atoms with van der Waals surface area (Å²) in [4.78, 5) is 12.1. The second-order valence-electron chi connectivity index (χ2n) is 5.50. The Morgan fingerprint density at radius 3 is 2.50 bits per heavy atom. The Bertz CT molecular complexity index is 632. The third-order valence-corrected chi connectivity index (χ3v) is 3.86. The molecule has 1 amide bonds. The van der Waals surface area contributed by atoms with Crippen LogP contribution >= 0.6 is 11.6 Å². The number of hydrogen-bond donors (Lipinski definition) is 2. The van der Waals surface area contributed by atoms with Gasteiger partial charge in [-0.05, 0) is 43.5 Å². The highest BCUT2D eigenvalue weighted by molar-refractivity contribution is 6.34. The fourth-order valence-corrected chi connectivity index (χ4v) is 2.73. The highest BCUT2D eigenvalue weighted by Crippen LogP contribution is 2.27. The summed E-state index contributed by atoms with van der Waals surface area (Å²) in [5.41, 5.74) is 3.89. The first-order valence-corrected chi connectivity index (χ1v) is 7.70. The van der Waals surface area contributed by atoms with Crippen LogP contribution in [0.15, 0.2) is 42.5 Å². The lowest BCUT2D eigenvalue weighted by atomic mass is 10.1. The van der Waals surface area contributed by atoms with E-state index >= 15 is 0 Å². The van der Waals surface area contributed by atoms with Crippen LogP contribution in [0.3, 0.4) is 0 Å². The van der Waals surface area contributed by atoms with Gasteiger partial charge in [-0.15, -0.1) is 0 Å². The number of anilines is 1. The predicted molar refractivity (Wildman–Crippen MR) is 92.4 cm³/mol. The summed E-state index contributed by atoms with van der Waals surface area (Å²) < 4.78 is 0. The second-order valence-corrected chi connectivity index (χ2v) is 5.91. The van der Waals surface area contributed by atoms with Gasteiger partial charge in [0.05, 0.1) is 17.3 Å². The van der Waals surface area contributed by atoms with Crippen LogP contribution in [-0.4, -0.2) is 12.5 Å². The minimum Gasteiger partial charge on any atom is -0.323 e. The molecule has 0 aliphatic rings. The number of aryl methyl sites for hydroxylation is 2. The molecule has 1 atom stereocenters. The second kappa shape index (κ2) is 7.43. The van der Waals surface area contributed by atoms with Crippen molar-refractivity contribution in [2.24, 2.45) is 0 Å². The third kappa shape index (κ3) is 4.33. The van der Waals surface area contributed by atoms with E-state index in [0.717, 1.165) is 16.7 Å². The van der Waals surface area contributed by atoms with Gasteiger partial charge in [-0.3, -0.25) is 4.79 Å². The monoisotopic (exact) mass is 316 g/mol. The van der Waals surface area contributed by atoms with Gasteiger partial charge in [0.25, 0.3) is 0 Å². The summed E-state index contributed by atoms with van der Waals surface area (Å²) in [6.45, 7) is 6.19. The van der Waals surface area contributed by atoms with Crippen molar-refractivity contribution >= 4 is 23.2 Å². The highest BCUT2D eigenvalue weighted by Gasteiger charge is 2.11. The predicted octanol–water partition coefficient (Wildman–Crippen LogP) is 4.25. The summed E-state index contributed by atoms with van der Waals surface area (Å²) in [6.07, 6.45) is 0. The number of hydrogen-bond acceptors (Lipinski definition) is 2. The SMILES string of the molecule is Cc1cc(C)c(NC(=O)CN[C@H](C)c2ccccc2)c(Cl)c1.